The summed E-state index contributed by atoms with van der Waals surface area (Å²) in [6, 6.07) is 0. The van der Waals surface area contributed by atoms with Crippen LogP contribution in [-0.2, 0) is 9.53 Å². The van der Waals surface area contributed by atoms with E-state index in [1.807, 2.05) is 0 Å². The number of amides is 1. The highest BCUT2D eigenvalue weighted by Crippen LogP contribution is 1.88. The molecule has 0 N–H and O–H groups in total. The van der Waals surface area contributed by atoms with E-state index in [2.05, 4.69) is 9.73 Å². The van der Waals surface area contributed by atoms with Crippen LogP contribution >= 0.6 is 0 Å². The van der Waals surface area contributed by atoms with E-state index in [4.69, 9.17) is 0 Å². The molecule has 0 aromatic rings. The van der Waals surface area contributed by atoms with Crippen molar-refractivity contribution >= 4 is 12.2 Å². The Hall–Kier alpha value is -1.35. The fourth-order valence-corrected chi connectivity index (χ4v) is 0.426. The molecule has 0 aromatic carbocycles. The minimum Gasteiger partial charge on any atom is -0.450 e. The molecule has 0 aliphatic heterocycles. The molecular formula is C6H10N2O3. The molecule has 0 saturated carbocycles. The third-order valence-corrected chi connectivity index (χ3v) is 0.927. The van der Waals surface area contributed by atoms with E-state index in [9.17, 15) is 9.59 Å². The van der Waals surface area contributed by atoms with Gasteiger partial charge in [-0.15, -0.1) is 0 Å². The predicted molar refractivity (Wildman–Crippen MR) is 37.8 cm³/mol. The summed E-state index contributed by atoms with van der Waals surface area (Å²) in [5.41, 5.74) is 0. The van der Waals surface area contributed by atoms with Crippen LogP contribution in [0.5, 0.6) is 0 Å². The maximum Gasteiger partial charge on any atom is 0.411 e. The number of carbonyl (C=O) groups is 1. The molecule has 0 unspecified atom stereocenters. The molecule has 0 aliphatic carbocycles. The lowest BCUT2D eigenvalue weighted by Gasteiger charge is -2.11. The van der Waals surface area contributed by atoms with Gasteiger partial charge in [-0.25, -0.2) is 9.59 Å². The van der Waals surface area contributed by atoms with Crippen molar-refractivity contribution in [1.29, 1.82) is 0 Å². The number of carbonyl (C=O) groups excluding carboxylic acids is 2. The molecule has 0 atom stereocenters. The summed E-state index contributed by atoms with van der Waals surface area (Å²) in [5.74, 6) is 0. The first kappa shape index (κ1) is 9.65. The number of nitrogens with zero attached hydrogens (tertiary/aromatic N) is 2. The molecule has 0 aliphatic rings. The van der Waals surface area contributed by atoms with Crippen LogP contribution in [0.4, 0.5) is 4.79 Å². The number of rotatable bonds is 3. The summed E-state index contributed by atoms with van der Waals surface area (Å²) in [7, 11) is 1.48. The summed E-state index contributed by atoms with van der Waals surface area (Å²) in [6.07, 6.45) is 0.827. The highest BCUT2D eigenvalue weighted by atomic mass is 16.6. The second kappa shape index (κ2) is 5.44. The molecule has 1 amide bonds. The molecule has 0 aromatic heterocycles. The first-order valence-corrected chi connectivity index (χ1v) is 3.14. The van der Waals surface area contributed by atoms with Gasteiger partial charge in [-0.2, -0.15) is 4.99 Å². The highest BCUT2D eigenvalue weighted by Gasteiger charge is 2.06. The Bertz CT molecular complexity index is 175. The second-order valence-electron chi connectivity index (χ2n) is 1.79. The molecule has 62 valence electrons. The molecule has 0 fully saturated rings. The Labute approximate surface area is 64.7 Å². The zero-order valence-electron chi connectivity index (χ0n) is 6.53. The van der Waals surface area contributed by atoms with Gasteiger partial charge in [-0.1, -0.05) is 0 Å². The number of ether oxygens (including phenoxy) is 1. The maximum atomic E-state index is 10.8. The van der Waals surface area contributed by atoms with Crippen LogP contribution in [-0.4, -0.2) is 37.4 Å². The molecule has 0 bridgehead atoms. The van der Waals surface area contributed by atoms with Crippen LogP contribution in [0.2, 0.25) is 0 Å². The van der Waals surface area contributed by atoms with Gasteiger partial charge in [0.2, 0.25) is 6.08 Å². The normalized spacial score (nSPS) is 8.18. The zero-order valence-corrected chi connectivity index (χ0v) is 6.53. The van der Waals surface area contributed by atoms with Crippen LogP contribution in [0.1, 0.15) is 6.92 Å². The van der Waals surface area contributed by atoms with E-state index in [-0.39, 0.29) is 6.67 Å². The van der Waals surface area contributed by atoms with Crippen LogP contribution < -0.4 is 0 Å². The fourth-order valence-electron chi connectivity index (χ4n) is 0.426. The minimum atomic E-state index is -0.494. The average Bonchev–Trinajstić information content (AvgIpc) is 2.00. The third kappa shape index (κ3) is 4.11. The monoisotopic (exact) mass is 158 g/mol. The molecule has 0 rings (SSSR count). The number of isocyanates is 1. The van der Waals surface area contributed by atoms with E-state index in [0.717, 1.165) is 0 Å². The molecule has 5 nitrogen and oxygen atoms in total. The number of hydrogen-bond donors (Lipinski definition) is 0. The summed E-state index contributed by atoms with van der Waals surface area (Å²) in [5, 5.41) is 0. The standard InChI is InChI=1S/C6H10N2O3/c1-3-11-6(10)8(2)4-7-5-9/h3-4H2,1-2H3. The Morgan fingerprint density at radius 2 is 2.36 bits per heavy atom. The van der Waals surface area contributed by atoms with Crippen LogP contribution in [0.25, 0.3) is 0 Å². The largest absolute Gasteiger partial charge is 0.450 e. The van der Waals surface area contributed by atoms with Gasteiger partial charge >= 0.3 is 6.09 Å². The lowest BCUT2D eigenvalue weighted by atomic mass is 10.8. The lowest BCUT2D eigenvalue weighted by molar-refractivity contribution is 0.117. The number of hydrogen-bond acceptors (Lipinski definition) is 4. The van der Waals surface area contributed by atoms with Gasteiger partial charge in [0, 0.05) is 7.05 Å². The van der Waals surface area contributed by atoms with E-state index < -0.39 is 6.09 Å². The quantitative estimate of drug-likeness (QED) is 0.440. The van der Waals surface area contributed by atoms with Crippen LogP contribution in [0.15, 0.2) is 4.99 Å². The Balaban J connectivity index is 3.72. The number of aliphatic imine (C=N–C) groups is 1. The first-order valence-electron chi connectivity index (χ1n) is 3.14. The molecule has 0 spiro atoms. The van der Waals surface area contributed by atoms with Gasteiger partial charge in [0.1, 0.15) is 6.67 Å². The smallest absolute Gasteiger partial charge is 0.411 e. The topological polar surface area (TPSA) is 59.0 Å². The van der Waals surface area contributed by atoms with Crippen molar-refractivity contribution in [3.63, 3.8) is 0 Å². The van der Waals surface area contributed by atoms with Crippen LogP contribution in [0.3, 0.4) is 0 Å². The predicted octanol–water partition coefficient (Wildman–Crippen LogP) is 0.368. The van der Waals surface area contributed by atoms with Crippen molar-refractivity contribution in [2.24, 2.45) is 4.99 Å². The van der Waals surface area contributed by atoms with Gasteiger partial charge in [-0.3, -0.25) is 4.90 Å². The summed E-state index contributed by atoms with van der Waals surface area (Å²) in [4.78, 5) is 24.8. The maximum absolute atomic E-state index is 10.8. The molecule has 0 radical (unpaired) electrons. The molecule has 11 heavy (non-hydrogen) atoms. The van der Waals surface area contributed by atoms with Gasteiger partial charge in [0.25, 0.3) is 0 Å². The van der Waals surface area contributed by atoms with Gasteiger partial charge < -0.3 is 4.74 Å². The van der Waals surface area contributed by atoms with Gasteiger partial charge in [0.15, 0.2) is 0 Å². The van der Waals surface area contributed by atoms with Crippen molar-refractivity contribution in [1.82, 2.24) is 4.90 Å². The van der Waals surface area contributed by atoms with E-state index >= 15 is 0 Å². The second-order valence-corrected chi connectivity index (χ2v) is 1.79. The van der Waals surface area contributed by atoms with Crippen molar-refractivity contribution in [2.45, 2.75) is 6.92 Å². The highest BCUT2D eigenvalue weighted by molar-refractivity contribution is 5.67. The van der Waals surface area contributed by atoms with Crippen molar-refractivity contribution in [3.8, 4) is 0 Å². The molecule has 0 heterocycles. The third-order valence-electron chi connectivity index (χ3n) is 0.927. The van der Waals surface area contributed by atoms with Gasteiger partial charge in [-0.05, 0) is 6.92 Å². The van der Waals surface area contributed by atoms with Crippen LogP contribution in [0, 0.1) is 0 Å². The average molecular weight is 158 g/mol. The molecule has 5 heteroatoms. The van der Waals surface area contributed by atoms with E-state index in [1.54, 1.807) is 6.92 Å². The Morgan fingerprint density at radius 1 is 1.73 bits per heavy atom. The van der Waals surface area contributed by atoms with Crippen molar-refractivity contribution in [2.75, 3.05) is 20.3 Å². The lowest BCUT2D eigenvalue weighted by Crippen LogP contribution is -2.27. The SMILES string of the molecule is CCOC(=O)N(C)CN=C=O. The van der Waals surface area contributed by atoms with Crippen molar-refractivity contribution < 1.29 is 14.3 Å². The summed E-state index contributed by atoms with van der Waals surface area (Å²) < 4.78 is 4.60. The zero-order chi connectivity index (χ0) is 8.69. The fraction of sp³-hybridized carbons (Fsp3) is 0.667. The van der Waals surface area contributed by atoms with Crippen molar-refractivity contribution in [3.05, 3.63) is 0 Å². The van der Waals surface area contributed by atoms with E-state index in [1.165, 1.54) is 18.0 Å². The minimum absolute atomic E-state index is 0.0116. The molecule has 0 saturated heterocycles. The summed E-state index contributed by atoms with van der Waals surface area (Å²) >= 11 is 0. The van der Waals surface area contributed by atoms with E-state index in [0.29, 0.717) is 6.61 Å². The Kier molecular flexibility index (Phi) is 4.77. The van der Waals surface area contributed by atoms with Gasteiger partial charge in [0.05, 0.1) is 6.61 Å². The summed E-state index contributed by atoms with van der Waals surface area (Å²) in [6.45, 7) is 2.01. The first-order chi connectivity index (χ1) is 5.22. The molecular weight excluding hydrogens is 148 g/mol. The Morgan fingerprint density at radius 3 is 2.82 bits per heavy atom.